The molecule has 11 heteroatoms. The van der Waals surface area contributed by atoms with Gasteiger partial charge in [-0.1, -0.05) is 18.1 Å². The Kier molecular flexibility index (Phi) is 5.07. The van der Waals surface area contributed by atoms with Crippen molar-refractivity contribution in [3.05, 3.63) is 18.2 Å². The normalized spacial score (nSPS) is 20.3. The Morgan fingerprint density at radius 1 is 1.11 bits per heavy atom. The molecule has 0 unspecified atom stereocenters. The van der Waals surface area contributed by atoms with Crippen LogP contribution >= 0.6 is 0 Å². The molecule has 1 saturated carbocycles. The molecule has 0 radical (unpaired) electrons. The largest absolute Gasteiger partial charge is 0.348 e. The van der Waals surface area contributed by atoms with Crippen LogP contribution in [0, 0.1) is 0 Å². The number of nitrogens with zero attached hydrogens (tertiary/aromatic N) is 8. The molecule has 144 valence electrons. The second kappa shape index (κ2) is 7.80. The molecular weight excluding hydrogens is 350 g/mol. The standard InChI is InChI=1S/C16H23N9O2/c26-15(10-24-11-17-20-22-24)25-7-3-6-13(25)8-23-9-14(19-21-23)16(27)18-12-4-1-2-5-12/h9,11-13H,1-8,10H2,(H,18,27)/t13-/m0/s1. The Morgan fingerprint density at radius 2 is 1.96 bits per heavy atom. The number of likely N-dealkylation sites (tertiary alicyclic amines) is 1. The van der Waals surface area contributed by atoms with E-state index in [1.807, 2.05) is 4.90 Å². The third-order valence-corrected chi connectivity index (χ3v) is 5.25. The molecular formula is C16H23N9O2. The first-order chi connectivity index (χ1) is 13.2. The molecule has 27 heavy (non-hydrogen) atoms. The van der Waals surface area contributed by atoms with E-state index in [1.165, 1.54) is 11.0 Å². The number of nitrogens with one attached hydrogen (secondary N) is 1. The molecule has 3 heterocycles. The van der Waals surface area contributed by atoms with E-state index >= 15 is 0 Å². The lowest BCUT2D eigenvalue weighted by Crippen LogP contribution is -2.40. The van der Waals surface area contributed by atoms with Crippen LogP contribution in [-0.2, 0) is 17.9 Å². The molecule has 2 fully saturated rings. The van der Waals surface area contributed by atoms with Crippen molar-refractivity contribution in [2.24, 2.45) is 0 Å². The maximum absolute atomic E-state index is 12.5. The van der Waals surface area contributed by atoms with E-state index < -0.39 is 0 Å². The first kappa shape index (κ1) is 17.6. The van der Waals surface area contributed by atoms with E-state index in [9.17, 15) is 9.59 Å². The summed E-state index contributed by atoms with van der Waals surface area (Å²) < 4.78 is 3.06. The number of amides is 2. The van der Waals surface area contributed by atoms with Crippen LogP contribution in [0.5, 0.6) is 0 Å². The SMILES string of the molecule is O=C(NC1CCCC1)c1cn(C[C@@H]2CCCN2C(=O)Cn2cnnn2)nn1. The molecule has 1 saturated heterocycles. The van der Waals surface area contributed by atoms with Crippen LogP contribution in [0.25, 0.3) is 0 Å². The molecule has 1 aliphatic carbocycles. The second-order valence-electron chi connectivity index (χ2n) is 7.17. The van der Waals surface area contributed by atoms with Crippen LogP contribution in [0.15, 0.2) is 12.5 Å². The fourth-order valence-corrected chi connectivity index (χ4v) is 3.87. The Labute approximate surface area is 156 Å². The molecule has 0 spiro atoms. The Hall–Kier alpha value is -2.85. The minimum atomic E-state index is -0.175. The van der Waals surface area contributed by atoms with Gasteiger partial charge in [0.2, 0.25) is 5.91 Å². The molecule has 0 aromatic carbocycles. The van der Waals surface area contributed by atoms with E-state index in [2.05, 4.69) is 31.2 Å². The van der Waals surface area contributed by atoms with Crippen LogP contribution < -0.4 is 5.32 Å². The van der Waals surface area contributed by atoms with E-state index in [1.54, 1.807) is 10.9 Å². The van der Waals surface area contributed by atoms with Crippen molar-refractivity contribution in [3.63, 3.8) is 0 Å². The molecule has 2 aromatic rings. The topological polar surface area (TPSA) is 124 Å². The minimum absolute atomic E-state index is 0.0240. The van der Waals surface area contributed by atoms with Crippen LogP contribution in [-0.4, -0.2) is 70.5 Å². The summed E-state index contributed by atoms with van der Waals surface area (Å²) in [6.45, 7) is 1.34. The number of tetrazole rings is 1. The summed E-state index contributed by atoms with van der Waals surface area (Å²) in [5.74, 6) is -0.199. The highest BCUT2D eigenvalue weighted by Crippen LogP contribution is 2.20. The van der Waals surface area contributed by atoms with Gasteiger partial charge in [0.15, 0.2) is 5.69 Å². The van der Waals surface area contributed by atoms with Crippen LogP contribution in [0.2, 0.25) is 0 Å². The number of carbonyl (C=O) groups excluding carboxylic acids is 2. The lowest BCUT2D eigenvalue weighted by molar-refractivity contribution is -0.133. The maximum atomic E-state index is 12.5. The number of hydrogen-bond acceptors (Lipinski definition) is 7. The minimum Gasteiger partial charge on any atom is -0.348 e. The first-order valence-corrected chi connectivity index (χ1v) is 9.40. The summed E-state index contributed by atoms with van der Waals surface area (Å²) in [7, 11) is 0. The second-order valence-corrected chi connectivity index (χ2v) is 7.17. The highest BCUT2D eigenvalue weighted by atomic mass is 16.2. The van der Waals surface area contributed by atoms with Gasteiger partial charge in [-0.3, -0.25) is 9.59 Å². The Balaban J connectivity index is 1.34. The summed E-state index contributed by atoms with van der Waals surface area (Å²) in [6, 6.07) is 0.276. The van der Waals surface area contributed by atoms with Gasteiger partial charge >= 0.3 is 0 Å². The molecule has 2 amide bonds. The van der Waals surface area contributed by atoms with Gasteiger partial charge in [0.05, 0.1) is 18.8 Å². The molecule has 2 aliphatic rings. The van der Waals surface area contributed by atoms with Gasteiger partial charge in [-0.25, -0.2) is 9.36 Å². The third-order valence-electron chi connectivity index (χ3n) is 5.25. The van der Waals surface area contributed by atoms with Crippen LogP contribution in [0.4, 0.5) is 0 Å². The molecule has 4 rings (SSSR count). The van der Waals surface area contributed by atoms with Gasteiger partial charge in [0.25, 0.3) is 5.91 Å². The van der Waals surface area contributed by atoms with Gasteiger partial charge in [0.1, 0.15) is 12.9 Å². The molecule has 2 aromatic heterocycles. The van der Waals surface area contributed by atoms with Crippen molar-refractivity contribution in [3.8, 4) is 0 Å². The van der Waals surface area contributed by atoms with Gasteiger partial charge < -0.3 is 10.2 Å². The molecule has 0 bridgehead atoms. The molecule has 11 nitrogen and oxygen atoms in total. The number of rotatable bonds is 6. The highest BCUT2D eigenvalue weighted by molar-refractivity contribution is 5.92. The van der Waals surface area contributed by atoms with Crippen LogP contribution in [0.1, 0.15) is 49.0 Å². The van der Waals surface area contributed by atoms with Crippen molar-refractivity contribution in [2.45, 2.75) is 63.7 Å². The molecule has 1 atom stereocenters. The van der Waals surface area contributed by atoms with Crippen molar-refractivity contribution >= 4 is 11.8 Å². The summed E-state index contributed by atoms with van der Waals surface area (Å²) in [5.41, 5.74) is 0.325. The predicted octanol–water partition coefficient (Wildman–Crippen LogP) is -0.372. The molecule has 1 aliphatic heterocycles. The summed E-state index contributed by atoms with van der Waals surface area (Å²) in [5, 5.41) is 21.9. The number of hydrogen-bond donors (Lipinski definition) is 1. The van der Waals surface area contributed by atoms with Gasteiger partial charge in [0, 0.05) is 12.6 Å². The summed E-state index contributed by atoms with van der Waals surface area (Å²) in [4.78, 5) is 26.6. The van der Waals surface area contributed by atoms with Gasteiger partial charge in [-0.05, 0) is 36.1 Å². The van der Waals surface area contributed by atoms with E-state index in [-0.39, 0.29) is 30.4 Å². The summed E-state index contributed by atoms with van der Waals surface area (Å²) in [6.07, 6.45) is 9.30. The number of aromatic nitrogens is 7. The summed E-state index contributed by atoms with van der Waals surface area (Å²) >= 11 is 0. The first-order valence-electron chi connectivity index (χ1n) is 9.40. The lowest BCUT2D eigenvalue weighted by Gasteiger charge is -2.24. The van der Waals surface area contributed by atoms with Crippen molar-refractivity contribution in [2.75, 3.05) is 6.54 Å². The van der Waals surface area contributed by atoms with E-state index in [4.69, 9.17) is 0 Å². The Morgan fingerprint density at radius 3 is 2.74 bits per heavy atom. The number of carbonyl (C=O) groups is 2. The molecule has 1 N–H and O–H groups in total. The zero-order valence-electron chi connectivity index (χ0n) is 15.1. The fraction of sp³-hybridized carbons (Fsp3) is 0.688. The quantitative estimate of drug-likeness (QED) is 0.732. The zero-order valence-corrected chi connectivity index (χ0v) is 15.1. The third kappa shape index (κ3) is 4.12. The zero-order chi connectivity index (χ0) is 18.6. The predicted molar refractivity (Wildman–Crippen MR) is 92.3 cm³/mol. The van der Waals surface area contributed by atoms with E-state index in [0.29, 0.717) is 18.8 Å². The fourth-order valence-electron chi connectivity index (χ4n) is 3.87. The Bertz CT molecular complexity index is 782. The van der Waals surface area contributed by atoms with E-state index in [0.717, 1.165) is 38.5 Å². The van der Waals surface area contributed by atoms with Gasteiger partial charge in [-0.15, -0.1) is 10.2 Å². The smallest absolute Gasteiger partial charge is 0.273 e. The van der Waals surface area contributed by atoms with Crippen molar-refractivity contribution < 1.29 is 9.59 Å². The average molecular weight is 373 g/mol. The van der Waals surface area contributed by atoms with Crippen molar-refractivity contribution in [1.82, 2.24) is 45.4 Å². The highest BCUT2D eigenvalue weighted by Gasteiger charge is 2.30. The lowest BCUT2D eigenvalue weighted by atomic mass is 10.2. The van der Waals surface area contributed by atoms with Crippen LogP contribution in [0.3, 0.4) is 0 Å². The van der Waals surface area contributed by atoms with Crippen molar-refractivity contribution in [1.29, 1.82) is 0 Å². The average Bonchev–Trinajstić information content (AvgIpc) is 3.44. The van der Waals surface area contributed by atoms with Gasteiger partial charge in [-0.2, -0.15) is 0 Å². The maximum Gasteiger partial charge on any atom is 0.273 e. The monoisotopic (exact) mass is 373 g/mol.